The second-order valence-electron chi connectivity index (χ2n) is 15.5. The minimum atomic E-state index is -0.117. The molecule has 0 saturated carbocycles. The SMILES string of the molecule is CC[C@H]1CN2[C@H](CO)Cc3c([nH]c4ccccc34)[C@@H]2C[C@@H]1CC(=O)OC.CC[C@H]1CN2[C@H](CO)Cc3c([nH]c4ccccc34)[C@@H]2C[C@@H]1CC(=O)OC. The average Bonchev–Trinajstić information content (AvgIpc) is 3.75. The molecule has 2 aromatic heterocycles. The lowest BCUT2D eigenvalue weighted by molar-refractivity contribution is -0.144. The Bertz CT molecular complexity index is 1730. The molecule has 0 amide bonds. The third-order valence-corrected chi connectivity index (χ3v) is 13.0. The van der Waals surface area contributed by atoms with E-state index >= 15 is 0 Å². The molecule has 4 aromatic rings. The van der Waals surface area contributed by atoms with Gasteiger partial charge in [0.25, 0.3) is 0 Å². The van der Waals surface area contributed by atoms with E-state index in [4.69, 9.17) is 9.47 Å². The Balaban J connectivity index is 0.000000162. The van der Waals surface area contributed by atoms with E-state index in [1.165, 1.54) is 47.5 Å². The number of para-hydroxylation sites is 2. The third-order valence-electron chi connectivity index (χ3n) is 13.0. The number of nitrogens with zero attached hydrogens (tertiary/aromatic N) is 2. The van der Waals surface area contributed by atoms with Gasteiger partial charge in [0.15, 0.2) is 0 Å². The number of hydrogen-bond acceptors (Lipinski definition) is 8. The number of piperidine rings is 2. The fourth-order valence-corrected chi connectivity index (χ4v) is 10.2. The molecule has 0 aliphatic carbocycles. The van der Waals surface area contributed by atoms with E-state index < -0.39 is 0 Å². The molecule has 2 saturated heterocycles. The molecule has 4 aliphatic rings. The van der Waals surface area contributed by atoms with Crippen LogP contribution in [0.4, 0.5) is 0 Å². The summed E-state index contributed by atoms with van der Waals surface area (Å²) in [6.07, 6.45) is 6.69. The molecule has 4 aliphatic heterocycles. The zero-order valence-electron chi connectivity index (χ0n) is 31.1. The van der Waals surface area contributed by atoms with Crippen LogP contribution in [0.5, 0.6) is 0 Å². The number of hydrogen-bond donors (Lipinski definition) is 4. The molecule has 2 fully saturated rings. The number of aliphatic hydroxyl groups is 2. The van der Waals surface area contributed by atoms with Crippen LogP contribution in [0.3, 0.4) is 0 Å². The predicted octanol–water partition coefficient (Wildman–Crippen LogP) is 6.07. The summed E-state index contributed by atoms with van der Waals surface area (Å²) in [7, 11) is 2.94. The number of benzene rings is 2. The van der Waals surface area contributed by atoms with Gasteiger partial charge >= 0.3 is 11.9 Å². The van der Waals surface area contributed by atoms with Crippen molar-refractivity contribution in [1.82, 2.24) is 19.8 Å². The lowest BCUT2D eigenvalue weighted by Crippen LogP contribution is -2.52. The van der Waals surface area contributed by atoms with Gasteiger partial charge in [-0.2, -0.15) is 0 Å². The van der Waals surface area contributed by atoms with E-state index in [1.807, 2.05) is 0 Å². The maximum Gasteiger partial charge on any atom is 0.305 e. The molecule has 280 valence electrons. The summed E-state index contributed by atoms with van der Waals surface area (Å²) in [5, 5.41) is 22.6. The van der Waals surface area contributed by atoms with Crippen molar-refractivity contribution in [2.45, 2.75) is 89.4 Å². The monoisotopic (exact) mass is 712 g/mol. The highest BCUT2D eigenvalue weighted by molar-refractivity contribution is 5.86. The van der Waals surface area contributed by atoms with Crippen LogP contribution in [0.1, 0.15) is 87.0 Å². The summed E-state index contributed by atoms with van der Waals surface area (Å²) in [6, 6.07) is 17.6. The number of rotatable bonds is 8. The Morgan fingerprint density at radius 2 is 1.08 bits per heavy atom. The predicted molar refractivity (Wildman–Crippen MR) is 202 cm³/mol. The Kier molecular flexibility index (Phi) is 11.1. The number of carbonyl (C=O) groups is 2. The summed E-state index contributed by atoms with van der Waals surface area (Å²) in [5.41, 5.74) is 7.57. The molecule has 0 radical (unpaired) electrons. The number of fused-ring (bicyclic) bond motifs is 10. The number of aliphatic hydroxyl groups excluding tert-OH is 2. The zero-order valence-corrected chi connectivity index (χ0v) is 31.1. The molecule has 0 bridgehead atoms. The summed E-state index contributed by atoms with van der Waals surface area (Å²) in [4.78, 5) is 36.1. The van der Waals surface area contributed by atoms with Gasteiger partial charge in [0.2, 0.25) is 0 Å². The van der Waals surface area contributed by atoms with Crippen molar-refractivity contribution in [3.8, 4) is 0 Å². The smallest absolute Gasteiger partial charge is 0.305 e. The maximum atomic E-state index is 11.9. The number of H-pyrrole nitrogens is 2. The van der Waals surface area contributed by atoms with E-state index in [0.717, 1.165) is 62.6 Å². The lowest BCUT2D eigenvalue weighted by atomic mass is 9.74. The number of ether oxygens (including phenoxy) is 2. The molecule has 0 spiro atoms. The van der Waals surface area contributed by atoms with E-state index in [0.29, 0.717) is 36.5 Å². The first-order valence-corrected chi connectivity index (χ1v) is 19.4. The molecule has 6 heterocycles. The molecule has 8 atom stereocenters. The van der Waals surface area contributed by atoms with Crippen molar-refractivity contribution < 1.29 is 29.3 Å². The van der Waals surface area contributed by atoms with Crippen LogP contribution < -0.4 is 0 Å². The van der Waals surface area contributed by atoms with E-state index in [9.17, 15) is 19.8 Å². The maximum absolute atomic E-state index is 11.9. The first kappa shape index (κ1) is 36.6. The van der Waals surface area contributed by atoms with Gasteiger partial charge in [-0.15, -0.1) is 0 Å². The fraction of sp³-hybridized carbons (Fsp3) is 0.571. The van der Waals surface area contributed by atoms with Crippen LogP contribution in [0, 0.1) is 23.7 Å². The molecule has 8 rings (SSSR count). The highest BCUT2D eigenvalue weighted by Gasteiger charge is 2.45. The van der Waals surface area contributed by atoms with Crippen molar-refractivity contribution in [2.24, 2.45) is 23.7 Å². The van der Waals surface area contributed by atoms with Crippen LogP contribution in [0.15, 0.2) is 48.5 Å². The molecule has 2 aromatic carbocycles. The molecule has 0 unspecified atom stereocenters. The Labute approximate surface area is 306 Å². The van der Waals surface area contributed by atoms with Crippen LogP contribution >= 0.6 is 0 Å². The quantitative estimate of drug-likeness (QED) is 0.162. The van der Waals surface area contributed by atoms with Crippen LogP contribution in [-0.2, 0) is 31.9 Å². The Hall–Kier alpha value is -3.70. The van der Waals surface area contributed by atoms with Crippen molar-refractivity contribution >= 4 is 33.7 Å². The minimum absolute atomic E-state index is 0.117. The minimum Gasteiger partial charge on any atom is -0.469 e. The van der Waals surface area contributed by atoms with E-state index in [1.54, 1.807) is 0 Å². The highest BCUT2D eigenvalue weighted by Crippen LogP contribution is 2.48. The molecule has 10 nitrogen and oxygen atoms in total. The average molecular weight is 713 g/mol. The van der Waals surface area contributed by atoms with Crippen LogP contribution in [0.2, 0.25) is 0 Å². The number of carbonyl (C=O) groups excluding carboxylic acids is 2. The standard InChI is InChI=1S/2C21H28N2O3/c2*1-3-13-11-23-15(12-24)10-17-16-6-4-5-7-18(16)22-21(17)19(23)8-14(13)9-20(25)26-2/h2*4-7,13-15,19,22,24H,3,8-12H2,1-2H3/t2*13-,14+,15-,19-/m00/s1. The van der Waals surface area contributed by atoms with Gasteiger partial charge in [-0.1, -0.05) is 63.1 Å². The molecule has 52 heavy (non-hydrogen) atoms. The summed E-state index contributed by atoms with van der Waals surface area (Å²) < 4.78 is 9.88. The van der Waals surface area contributed by atoms with Gasteiger partial charge in [0, 0.05) is 71.2 Å². The van der Waals surface area contributed by atoms with E-state index in [2.05, 4.69) is 82.1 Å². The van der Waals surface area contributed by atoms with Gasteiger partial charge in [-0.05, 0) is 72.6 Å². The summed E-state index contributed by atoms with van der Waals surface area (Å²) in [5.74, 6) is 1.34. The Morgan fingerprint density at radius 3 is 1.44 bits per heavy atom. The van der Waals surface area contributed by atoms with Crippen LogP contribution in [0.25, 0.3) is 21.8 Å². The van der Waals surface area contributed by atoms with Crippen LogP contribution in [-0.4, -0.2) is 94.5 Å². The molecular weight excluding hydrogens is 656 g/mol. The van der Waals surface area contributed by atoms with Gasteiger partial charge in [-0.3, -0.25) is 19.4 Å². The number of esters is 2. The Morgan fingerprint density at radius 1 is 0.673 bits per heavy atom. The number of aromatic nitrogens is 2. The van der Waals surface area contributed by atoms with Gasteiger partial charge in [0.05, 0.1) is 39.5 Å². The van der Waals surface area contributed by atoms with Gasteiger partial charge in [0.1, 0.15) is 0 Å². The molecule has 4 N–H and O–H groups in total. The first-order valence-electron chi connectivity index (χ1n) is 19.4. The topological polar surface area (TPSA) is 131 Å². The summed E-state index contributed by atoms with van der Waals surface area (Å²) >= 11 is 0. The normalized spacial score (nSPS) is 28.6. The first-order chi connectivity index (χ1) is 25.3. The van der Waals surface area contributed by atoms with Crippen molar-refractivity contribution in [3.05, 3.63) is 71.0 Å². The number of aromatic amines is 2. The second kappa shape index (κ2) is 15.7. The van der Waals surface area contributed by atoms with E-state index in [-0.39, 0.29) is 49.3 Å². The van der Waals surface area contributed by atoms with Gasteiger partial charge < -0.3 is 29.7 Å². The summed E-state index contributed by atoms with van der Waals surface area (Å²) in [6.45, 7) is 6.61. The van der Waals surface area contributed by atoms with Crippen molar-refractivity contribution in [2.75, 3.05) is 40.5 Å². The second-order valence-corrected chi connectivity index (χ2v) is 15.5. The number of nitrogens with one attached hydrogen (secondary N) is 2. The van der Waals surface area contributed by atoms with Crippen molar-refractivity contribution in [3.63, 3.8) is 0 Å². The number of methoxy groups -OCH3 is 2. The van der Waals surface area contributed by atoms with Gasteiger partial charge in [-0.25, -0.2) is 0 Å². The molecule has 10 heteroatoms. The zero-order chi connectivity index (χ0) is 36.5. The fourth-order valence-electron chi connectivity index (χ4n) is 10.2. The largest absolute Gasteiger partial charge is 0.469 e. The lowest BCUT2D eigenvalue weighted by Gasteiger charge is -2.49. The molecular formula is C42H56N4O6. The van der Waals surface area contributed by atoms with Crippen molar-refractivity contribution in [1.29, 1.82) is 0 Å². The third kappa shape index (κ3) is 6.79. The highest BCUT2D eigenvalue weighted by atomic mass is 16.5.